The van der Waals surface area contributed by atoms with Gasteiger partial charge in [-0.15, -0.1) is 0 Å². The minimum absolute atomic E-state index is 0.00625. The molecule has 0 aliphatic carbocycles. The first-order valence-corrected chi connectivity index (χ1v) is 15.8. The average Bonchev–Trinajstić information content (AvgIpc) is 3.02. The highest BCUT2D eigenvalue weighted by atomic mass is 16.6. The molecule has 0 spiro atoms. The molecular formula is C36H43N7O3. The number of fused-ring (bicyclic) bond motifs is 1. The van der Waals surface area contributed by atoms with Crippen molar-refractivity contribution in [2.24, 2.45) is 5.41 Å². The van der Waals surface area contributed by atoms with Gasteiger partial charge in [-0.2, -0.15) is 5.26 Å². The van der Waals surface area contributed by atoms with Crippen LogP contribution >= 0.6 is 0 Å². The molecule has 2 aromatic heterocycles. The van der Waals surface area contributed by atoms with E-state index in [2.05, 4.69) is 32.7 Å². The lowest BCUT2D eigenvalue weighted by Gasteiger charge is -2.34. The van der Waals surface area contributed by atoms with Crippen LogP contribution in [0.3, 0.4) is 0 Å². The number of aryl methyl sites for hydroxylation is 1. The van der Waals surface area contributed by atoms with Crippen LogP contribution in [-0.2, 0) is 4.74 Å². The third-order valence-electron chi connectivity index (χ3n) is 7.88. The van der Waals surface area contributed by atoms with Gasteiger partial charge in [-0.3, -0.25) is 0 Å². The van der Waals surface area contributed by atoms with Crippen molar-refractivity contribution in [1.29, 1.82) is 5.26 Å². The Morgan fingerprint density at radius 1 is 1.04 bits per heavy atom. The number of pyridine rings is 1. The number of carbonyl (C=O) groups excluding carboxylic acids is 1. The molecule has 3 heterocycles. The number of hydrogen-bond acceptors (Lipinski definition) is 9. The molecule has 5 rings (SSSR count). The molecule has 1 aliphatic rings. The number of hydrogen-bond donors (Lipinski definition) is 2. The van der Waals surface area contributed by atoms with Crippen molar-refractivity contribution in [2.45, 2.75) is 72.4 Å². The number of piperidine rings is 1. The molecule has 4 aromatic rings. The molecule has 1 amide bonds. The zero-order chi connectivity index (χ0) is 32.9. The van der Waals surface area contributed by atoms with Gasteiger partial charge < -0.3 is 25.0 Å². The number of nitrogens with zero attached hydrogens (tertiary/aromatic N) is 5. The van der Waals surface area contributed by atoms with Gasteiger partial charge in [0.05, 0.1) is 22.7 Å². The van der Waals surface area contributed by atoms with Crippen LogP contribution in [0.2, 0.25) is 0 Å². The van der Waals surface area contributed by atoms with E-state index in [1.54, 1.807) is 17.3 Å². The summed E-state index contributed by atoms with van der Waals surface area (Å²) in [5.41, 5.74) is 2.42. The summed E-state index contributed by atoms with van der Waals surface area (Å²) < 4.78 is 12.2. The number of carbonyl (C=O) groups is 1. The van der Waals surface area contributed by atoms with E-state index in [9.17, 15) is 10.1 Å². The van der Waals surface area contributed by atoms with E-state index in [-0.39, 0.29) is 12.1 Å². The lowest BCUT2D eigenvalue weighted by atomic mass is 9.91. The predicted octanol–water partition coefficient (Wildman–Crippen LogP) is 7.96. The smallest absolute Gasteiger partial charge is 0.410 e. The van der Waals surface area contributed by atoms with Crippen LogP contribution < -0.4 is 15.4 Å². The topological polar surface area (TPSA) is 125 Å². The predicted molar refractivity (Wildman–Crippen MR) is 181 cm³/mol. The standard InChI is InChI=1S/C36H43N7O3/c1-24-14-15-26-27(11-7-13-29(26)38-20-17-36(5,6)23-37)31(24)45-32-28(12-8-18-39-32)30-16-19-40-33(42-30)41-25-10-9-21-43(22-25)34(44)46-35(2,3)4/h7-8,11-16,18-19,25,38H,9-10,17,20-22H2,1-6H3,(H,40,41,42). The fraction of sp³-hybridized carbons (Fsp3) is 0.417. The number of aromatic nitrogens is 3. The minimum atomic E-state index is -0.544. The van der Waals surface area contributed by atoms with Crippen molar-refractivity contribution in [3.05, 3.63) is 66.5 Å². The maximum absolute atomic E-state index is 12.7. The van der Waals surface area contributed by atoms with Crippen LogP contribution in [0, 0.1) is 23.7 Å². The van der Waals surface area contributed by atoms with E-state index in [1.807, 2.05) is 84.0 Å². The van der Waals surface area contributed by atoms with Gasteiger partial charge in [0.2, 0.25) is 11.8 Å². The van der Waals surface area contributed by atoms with E-state index >= 15 is 0 Å². The van der Waals surface area contributed by atoms with Crippen LogP contribution in [-0.4, -0.2) is 57.2 Å². The molecule has 2 N–H and O–H groups in total. The quantitative estimate of drug-likeness (QED) is 0.191. The number of anilines is 2. The summed E-state index contributed by atoms with van der Waals surface area (Å²) >= 11 is 0. The third kappa shape index (κ3) is 8.02. The Labute approximate surface area is 271 Å². The highest BCUT2D eigenvalue weighted by Crippen LogP contribution is 2.38. The van der Waals surface area contributed by atoms with Crippen molar-refractivity contribution in [3.8, 4) is 29.0 Å². The molecule has 0 saturated carbocycles. The summed E-state index contributed by atoms with van der Waals surface area (Å²) in [5, 5.41) is 18.3. The Kier molecular flexibility index (Phi) is 9.61. The molecule has 10 nitrogen and oxygen atoms in total. The lowest BCUT2D eigenvalue weighted by Crippen LogP contribution is -2.47. The van der Waals surface area contributed by atoms with E-state index in [1.165, 1.54) is 0 Å². The van der Waals surface area contributed by atoms with Gasteiger partial charge in [0.15, 0.2) is 0 Å². The van der Waals surface area contributed by atoms with Gasteiger partial charge >= 0.3 is 6.09 Å². The zero-order valence-electron chi connectivity index (χ0n) is 27.6. The van der Waals surface area contributed by atoms with Crippen LogP contribution in [0.5, 0.6) is 11.6 Å². The van der Waals surface area contributed by atoms with Crippen molar-refractivity contribution in [1.82, 2.24) is 19.9 Å². The van der Waals surface area contributed by atoms with Crippen molar-refractivity contribution in [3.63, 3.8) is 0 Å². The molecule has 46 heavy (non-hydrogen) atoms. The van der Waals surface area contributed by atoms with Crippen LogP contribution in [0.25, 0.3) is 22.0 Å². The normalized spacial score (nSPS) is 15.2. The van der Waals surface area contributed by atoms with E-state index in [0.29, 0.717) is 37.2 Å². The molecule has 10 heteroatoms. The van der Waals surface area contributed by atoms with Gasteiger partial charge in [-0.1, -0.05) is 24.3 Å². The second kappa shape index (κ2) is 13.6. The number of ether oxygens (including phenoxy) is 2. The maximum atomic E-state index is 12.7. The summed E-state index contributed by atoms with van der Waals surface area (Å²) in [6, 6.07) is 18.2. The second-order valence-electron chi connectivity index (χ2n) is 13.4. The molecular weight excluding hydrogens is 578 g/mol. The van der Waals surface area contributed by atoms with Crippen molar-refractivity contribution in [2.75, 3.05) is 30.3 Å². The number of likely N-dealkylation sites (tertiary alicyclic amines) is 1. The summed E-state index contributed by atoms with van der Waals surface area (Å²) in [5.74, 6) is 1.63. The maximum Gasteiger partial charge on any atom is 0.410 e. The fourth-order valence-electron chi connectivity index (χ4n) is 5.41. The highest BCUT2D eigenvalue weighted by molar-refractivity contribution is 5.98. The second-order valence-corrected chi connectivity index (χ2v) is 13.4. The Morgan fingerprint density at radius 2 is 1.87 bits per heavy atom. The number of nitriles is 1. The molecule has 240 valence electrons. The number of benzene rings is 2. The first kappa shape index (κ1) is 32.5. The Hall–Kier alpha value is -4.91. The highest BCUT2D eigenvalue weighted by Gasteiger charge is 2.28. The van der Waals surface area contributed by atoms with Gasteiger partial charge in [0.25, 0.3) is 0 Å². The van der Waals surface area contributed by atoms with Gasteiger partial charge in [0, 0.05) is 54.5 Å². The summed E-state index contributed by atoms with van der Waals surface area (Å²) in [4.78, 5) is 28.3. The van der Waals surface area contributed by atoms with E-state index in [4.69, 9.17) is 14.5 Å². The Morgan fingerprint density at radius 3 is 2.65 bits per heavy atom. The molecule has 1 fully saturated rings. The molecule has 1 aliphatic heterocycles. The van der Waals surface area contributed by atoms with Crippen molar-refractivity contribution < 1.29 is 14.3 Å². The fourth-order valence-corrected chi connectivity index (χ4v) is 5.41. The van der Waals surface area contributed by atoms with Crippen LogP contribution in [0.4, 0.5) is 16.4 Å². The van der Waals surface area contributed by atoms with Crippen LogP contribution in [0.1, 0.15) is 59.4 Å². The van der Waals surface area contributed by atoms with Gasteiger partial charge in [-0.25, -0.2) is 19.7 Å². The van der Waals surface area contributed by atoms with Gasteiger partial charge in [-0.05, 0) is 90.6 Å². The SMILES string of the molecule is Cc1ccc2c(NCCC(C)(C)C#N)cccc2c1Oc1ncccc1-c1ccnc(NC2CCCN(C(=O)OC(C)(C)C)C2)n1. The monoisotopic (exact) mass is 621 g/mol. The first-order chi connectivity index (χ1) is 21.9. The largest absolute Gasteiger partial charge is 0.444 e. The Balaban J connectivity index is 1.36. The number of nitrogens with one attached hydrogen (secondary N) is 2. The molecule has 1 atom stereocenters. The number of amides is 1. The Bertz CT molecular complexity index is 1740. The summed E-state index contributed by atoms with van der Waals surface area (Å²) in [7, 11) is 0. The zero-order valence-corrected chi connectivity index (χ0v) is 27.6. The molecule has 1 saturated heterocycles. The van der Waals surface area contributed by atoms with Crippen LogP contribution in [0.15, 0.2) is 60.9 Å². The van der Waals surface area contributed by atoms with E-state index in [0.717, 1.165) is 52.6 Å². The first-order valence-electron chi connectivity index (χ1n) is 15.8. The number of rotatable bonds is 9. The third-order valence-corrected chi connectivity index (χ3v) is 7.88. The average molecular weight is 622 g/mol. The summed E-state index contributed by atoms with van der Waals surface area (Å²) in [6.07, 6.45) is 5.59. The molecule has 0 bridgehead atoms. The van der Waals surface area contributed by atoms with E-state index < -0.39 is 11.0 Å². The molecule has 1 unspecified atom stereocenters. The minimum Gasteiger partial charge on any atom is -0.444 e. The lowest BCUT2D eigenvalue weighted by molar-refractivity contribution is 0.0206. The molecule has 2 aromatic carbocycles. The van der Waals surface area contributed by atoms with Gasteiger partial charge in [0.1, 0.15) is 11.4 Å². The molecule has 0 radical (unpaired) electrons. The summed E-state index contributed by atoms with van der Waals surface area (Å²) in [6.45, 7) is 13.4. The van der Waals surface area contributed by atoms with Crippen molar-refractivity contribution >= 4 is 28.5 Å².